The third kappa shape index (κ3) is 4.54. The fourth-order valence-corrected chi connectivity index (χ4v) is 5.07. The van der Waals surface area contributed by atoms with Crippen LogP contribution in [0.2, 0.25) is 0 Å². The Morgan fingerprint density at radius 2 is 2.00 bits per heavy atom. The van der Waals surface area contributed by atoms with Crippen molar-refractivity contribution in [3.05, 3.63) is 54.4 Å². The van der Waals surface area contributed by atoms with Gasteiger partial charge in [0.1, 0.15) is 0 Å². The fourth-order valence-electron chi connectivity index (χ4n) is 5.07. The van der Waals surface area contributed by atoms with Gasteiger partial charge in [-0.25, -0.2) is 0 Å². The van der Waals surface area contributed by atoms with Crippen molar-refractivity contribution in [2.45, 2.75) is 39.2 Å². The zero-order valence-electron chi connectivity index (χ0n) is 18.9. The second-order valence-corrected chi connectivity index (χ2v) is 8.99. The highest BCUT2D eigenvalue weighted by molar-refractivity contribution is 5.86. The van der Waals surface area contributed by atoms with E-state index in [1.165, 1.54) is 0 Å². The second kappa shape index (κ2) is 9.79. The van der Waals surface area contributed by atoms with Crippen LogP contribution < -0.4 is 16.2 Å². The highest BCUT2D eigenvalue weighted by Gasteiger charge is 2.45. The summed E-state index contributed by atoms with van der Waals surface area (Å²) in [6.07, 6.45) is 5.76. The van der Waals surface area contributed by atoms with E-state index in [0.717, 1.165) is 29.5 Å². The molecule has 170 valence electrons. The monoisotopic (exact) mass is 435 g/mol. The van der Waals surface area contributed by atoms with Gasteiger partial charge >= 0.3 is 0 Å². The van der Waals surface area contributed by atoms with Gasteiger partial charge in [-0.2, -0.15) is 0 Å². The average molecular weight is 436 g/mol. The van der Waals surface area contributed by atoms with Crippen LogP contribution in [-0.4, -0.2) is 53.9 Å². The number of aromatic nitrogens is 1. The summed E-state index contributed by atoms with van der Waals surface area (Å²) in [6, 6.07) is 12.3. The standard InChI is InChI=1S/C25H33N5O2/c1-3-27-24(32)25(11-6-14-30(17-25)23(31)22-16-28-29-18(22)2)15-20-7-4-5-8-21(20)19-9-12-26-13-10-19/h4-5,7-10,12-13,18,22,28-29H,3,6,11,14-17H2,1-2H3,(H,27,32). The number of hydrogen-bond acceptors (Lipinski definition) is 5. The number of pyridine rings is 1. The minimum atomic E-state index is -0.643. The molecule has 3 N–H and O–H groups in total. The van der Waals surface area contributed by atoms with E-state index in [4.69, 9.17) is 0 Å². The van der Waals surface area contributed by atoms with Crippen LogP contribution in [0.25, 0.3) is 11.1 Å². The van der Waals surface area contributed by atoms with E-state index in [9.17, 15) is 9.59 Å². The molecule has 1 aromatic carbocycles. The van der Waals surface area contributed by atoms with E-state index in [1.807, 2.05) is 43.0 Å². The van der Waals surface area contributed by atoms with E-state index < -0.39 is 5.41 Å². The Labute approximate surface area is 190 Å². The number of nitrogens with zero attached hydrogens (tertiary/aromatic N) is 2. The van der Waals surface area contributed by atoms with E-state index in [1.54, 1.807) is 12.4 Å². The van der Waals surface area contributed by atoms with Crippen molar-refractivity contribution in [2.24, 2.45) is 11.3 Å². The molecule has 0 bridgehead atoms. The molecule has 0 saturated carbocycles. The molecule has 0 spiro atoms. The normalized spacial score (nSPS) is 25.5. The first-order valence-electron chi connectivity index (χ1n) is 11.6. The number of carbonyl (C=O) groups excluding carboxylic acids is 2. The average Bonchev–Trinajstić information content (AvgIpc) is 3.25. The van der Waals surface area contributed by atoms with Gasteiger partial charge in [0.25, 0.3) is 0 Å². The Hall–Kier alpha value is -2.77. The number of hydrogen-bond donors (Lipinski definition) is 3. The van der Waals surface area contributed by atoms with Crippen LogP contribution in [0.3, 0.4) is 0 Å². The topological polar surface area (TPSA) is 86.4 Å². The maximum Gasteiger partial charge on any atom is 0.228 e. The van der Waals surface area contributed by atoms with Crippen LogP contribution in [0.4, 0.5) is 0 Å². The maximum atomic E-state index is 13.4. The van der Waals surface area contributed by atoms with Gasteiger partial charge in [0.05, 0.1) is 11.3 Å². The van der Waals surface area contributed by atoms with E-state index in [0.29, 0.717) is 32.6 Å². The summed E-state index contributed by atoms with van der Waals surface area (Å²) in [5.74, 6) is 0.0627. The minimum absolute atomic E-state index is 0.0396. The number of nitrogens with one attached hydrogen (secondary N) is 3. The summed E-state index contributed by atoms with van der Waals surface area (Å²) in [4.78, 5) is 32.8. The first kappa shape index (κ1) is 22.4. The lowest BCUT2D eigenvalue weighted by molar-refractivity contribution is -0.144. The lowest BCUT2D eigenvalue weighted by Gasteiger charge is -2.43. The van der Waals surface area contributed by atoms with Crippen molar-refractivity contribution in [1.29, 1.82) is 0 Å². The number of likely N-dealkylation sites (tertiary alicyclic amines) is 1. The number of rotatable bonds is 6. The van der Waals surface area contributed by atoms with Crippen molar-refractivity contribution < 1.29 is 9.59 Å². The van der Waals surface area contributed by atoms with Crippen molar-refractivity contribution in [2.75, 3.05) is 26.2 Å². The molecule has 1 aromatic heterocycles. The Balaban J connectivity index is 1.65. The molecule has 2 amide bonds. The molecular weight excluding hydrogens is 402 g/mol. The summed E-state index contributed by atoms with van der Waals surface area (Å²) in [5, 5.41) is 3.06. The fraction of sp³-hybridized carbons (Fsp3) is 0.480. The van der Waals surface area contributed by atoms with Gasteiger partial charge in [-0.3, -0.25) is 25.4 Å². The van der Waals surface area contributed by atoms with Gasteiger partial charge in [-0.15, -0.1) is 0 Å². The van der Waals surface area contributed by atoms with Crippen molar-refractivity contribution in [1.82, 2.24) is 26.1 Å². The van der Waals surface area contributed by atoms with Crippen LogP contribution in [0, 0.1) is 11.3 Å². The molecule has 3 atom stereocenters. The molecule has 3 heterocycles. The second-order valence-electron chi connectivity index (χ2n) is 8.99. The largest absolute Gasteiger partial charge is 0.356 e. The molecule has 7 nitrogen and oxygen atoms in total. The van der Waals surface area contributed by atoms with Crippen LogP contribution >= 0.6 is 0 Å². The molecule has 2 aromatic rings. The lowest BCUT2D eigenvalue weighted by atomic mass is 9.73. The van der Waals surface area contributed by atoms with Gasteiger partial charge in [-0.05, 0) is 61.9 Å². The first-order valence-corrected chi connectivity index (χ1v) is 11.6. The molecule has 0 aliphatic carbocycles. The lowest BCUT2D eigenvalue weighted by Crippen LogP contribution is -2.56. The van der Waals surface area contributed by atoms with Crippen LogP contribution in [-0.2, 0) is 16.0 Å². The van der Waals surface area contributed by atoms with Crippen LogP contribution in [0.15, 0.2) is 48.8 Å². The van der Waals surface area contributed by atoms with Gasteiger partial charge in [0.2, 0.25) is 11.8 Å². The molecule has 0 radical (unpaired) electrons. The highest BCUT2D eigenvalue weighted by atomic mass is 16.2. The molecule has 2 aliphatic heterocycles. The molecule has 2 fully saturated rings. The summed E-state index contributed by atoms with van der Waals surface area (Å²) >= 11 is 0. The van der Waals surface area contributed by atoms with Crippen LogP contribution in [0.5, 0.6) is 0 Å². The molecule has 2 aliphatic rings. The Morgan fingerprint density at radius 3 is 2.72 bits per heavy atom. The van der Waals surface area contributed by atoms with Gasteiger partial charge in [0.15, 0.2) is 0 Å². The van der Waals surface area contributed by atoms with Crippen molar-refractivity contribution >= 4 is 11.8 Å². The highest BCUT2D eigenvalue weighted by Crippen LogP contribution is 2.37. The molecule has 2 saturated heterocycles. The third-order valence-electron chi connectivity index (χ3n) is 6.82. The van der Waals surface area contributed by atoms with Crippen LogP contribution in [0.1, 0.15) is 32.3 Å². The summed E-state index contributed by atoms with van der Waals surface area (Å²) in [5.41, 5.74) is 8.90. The molecule has 4 rings (SSSR count). The number of benzene rings is 1. The number of carbonyl (C=O) groups is 2. The van der Waals surface area contributed by atoms with Crippen molar-refractivity contribution in [3.8, 4) is 11.1 Å². The SMILES string of the molecule is CCNC(=O)C1(Cc2ccccc2-c2ccncc2)CCCN(C(=O)C2CNNC2C)C1. The summed E-state index contributed by atoms with van der Waals surface area (Å²) in [6.45, 7) is 6.32. The van der Waals surface area contributed by atoms with E-state index in [-0.39, 0.29) is 23.8 Å². The third-order valence-corrected chi connectivity index (χ3v) is 6.82. The van der Waals surface area contributed by atoms with Gasteiger partial charge < -0.3 is 10.2 Å². The van der Waals surface area contributed by atoms with E-state index >= 15 is 0 Å². The zero-order chi connectivity index (χ0) is 22.6. The van der Waals surface area contributed by atoms with E-state index in [2.05, 4.69) is 33.3 Å². The smallest absolute Gasteiger partial charge is 0.228 e. The number of hydrazine groups is 1. The Kier molecular flexibility index (Phi) is 6.86. The number of piperidine rings is 1. The predicted molar refractivity (Wildman–Crippen MR) is 124 cm³/mol. The predicted octanol–water partition coefficient (Wildman–Crippen LogP) is 2.15. The maximum absolute atomic E-state index is 13.4. The van der Waals surface area contributed by atoms with Gasteiger partial charge in [-0.1, -0.05) is 24.3 Å². The molecule has 3 unspecified atom stereocenters. The molecule has 32 heavy (non-hydrogen) atoms. The minimum Gasteiger partial charge on any atom is -0.356 e. The summed E-state index contributed by atoms with van der Waals surface area (Å²) in [7, 11) is 0. The molecule has 7 heteroatoms. The van der Waals surface area contributed by atoms with Crippen molar-refractivity contribution in [3.63, 3.8) is 0 Å². The first-order chi connectivity index (χ1) is 15.5. The summed E-state index contributed by atoms with van der Waals surface area (Å²) < 4.78 is 0. The van der Waals surface area contributed by atoms with Gasteiger partial charge in [0, 0.05) is 44.6 Å². The molecular formula is C25H33N5O2. The Morgan fingerprint density at radius 1 is 1.22 bits per heavy atom. The zero-order valence-corrected chi connectivity index (χ0v) is 18.9. The number of amides is 2. The Bertz CT molecular complexity index is 950. The quantitative estimate of drug-likeness (QED) is 0.647.